The monoisotopic (exact) mass is 380 g/mol. The van der Waals surface area contributed by atoms with Gasteiger partial charge < -0.3 is 15.2 Å². The summed E-state index contributed by atoms with van der Waals surface area (Å²) in [5.41, 5.74) is 6.00. The second kappa shape index (κ2) is 6.76. The number of benzene rings is 1. The van der Waals surface area contributed by atoms with Gasteiger partial charge in [0.05, 0.1) is 30.5 Å². The maximum Gasteiger partial charge on any atom is 0.207 e. The number of alkyl halides is 1. The van der Waals surface area contributed by atoms with Gasteiger partial charge in [-0.3, -0.25) is 0 Å². The van der Waals surface area contributed by atoms with Crippen LogP contribution in [-0.2, 0) is 6.54 Å². The summed E-state index contributed by atoms with van der Waals surface area (Å²) in [6.45, 7) is 0.519. The highest BCUT2D eigenvalue weighted by Gasteiger charge is 2.30. The lowest BCUT2D eigenvalue weighted by Gasteiger charge is -2.34. The summed E-state index contributed by atoms with van der Waals surface area (Å²) in [5.74, 6) is -1.61. The predicted octanol–water partition coefficient (Wildman–Crippen LogP) is 2.17. The maximum atomic E-state index is 14.2. The van der Waals surface area contributed by atoms with Crippen molar-refractivity contribution in [3.63, 3.8) is 0 Å². The Hall–Kier alpha value is -2.75. The summed E-state index contributed by atoms with van der Waals surface area (Å²) >= 11 is 0. The molecule has 1 aromatic carbocycles. The van der Waals surface area contributed by atoms with Crippen molar-refractivity contribution in [2.24, 2.45) is 5.73 Å². The number of imidazole rings is 1. The molecule has 3 heterocycles. The van der Waals surface area contributed by atoms with Gasteiger partial charge in [-0.2, -0.15) is 0 Å². The third-order valence-corrected chi connectivity index (χ3v) is 4.58. The summed E-state index contributed by atoms with van der Waals surface area (Å²) < 4.78 is 56.4. The van der Waals surface area contributed by atoms with Crippen LogP contribution in [0.25, 0.3) is 11.0 Å². The van der Waals surface area contributed by atoms with Crippen molar-refractivity contribution in [1.82, 2.24) is 19.5 Å². The predicted molar refractivity (Wildman–Crippen MR) is 90.4 cm³/mol. The van der Waals surface area contributed by atoms with E-state index in [-0.39, 0.29) is 36.4 Å². The minimum Gasteiger partial charge on any atom is -0.340 e. The first-order chi connectivity index (χ1) is 12.9. The van der Waals surface area contributed by atoms with Crippen LogP contribution in [0, 0.1) is 17.5 Å². The van der Waals surface area contributed by atoms with Crippen molar-refractivity contribution < 1.29 is 17.6 Å². The minimum absolute atomic E-state index is 0.0137. The van der Waals surface area contributed by atoms with E-state index in [0.29, 0.717) is 12.5 Å². The van der Waals surface area contributed by atoms with Crippen molar-refractivity contribution in [1.29, 1.82) is 0 Å². The van der Waals surface area contributed by atoms with Crippen molar-refractivity contribution in [3.05, 3.63) is 47.8 Å². The fourth-order valence-corrected chi connectivity index (χ4v) is 3.23. The first-order valence-corrected chi connectivity index (χ1v) is 8.38. The number of nitrogens with two attached hydrogens (primary N) is 1. The molecule has 1 aliphatic rings. The molecule has 0 amide bonds. The molecular formula is C17H16F4N6. The van der Waals surface area contributed by atoms with Gasteiger partial charge in [0.2, 0.25) is 5.95 Å². The van der Waals surface area contributed by atoms with Gasteiger partial charge in [0, 0.05) is 25.2 Å². The molecule has 2 N–H and O–H groups in total. The number of anilines is 1. The second-order valence-corrected chi connectivity index (χ2v) is 6.49. The summed E-state index contributed by atoms with van der Waals surface area (Å²) in [4.78, 5) is 13.8. The first-order valence-electron chi connectivity index (χ1n) is 8.38. The molecule has 6 nitrogen and oxygen atoms in total. The molecule has 1 saturated heterocycles. The summed E-state index contributed by atoms with van der Waals surface area (Å²) in [7, 11) is 0. The minimum atomic E-state index is -1.13. The van der Waals surface area contributed by atoms with Crippen LogP contribution in [0.5, 0.6) is 0 Å². The molecule has 27 heavy (non-hydrogen) atoms. The van der Waals surface area contributed by atoms with Crippen LogP contribution in [0.4, 0.5) is 23.5 Å². The van der Waals surface area contributed by atoms with Crippen molar-refractivity contribution in [2.45, 2.75) is 25.2 Å². The number of rotatable bonds is 3. The first kappa shape index (κ1) is 17.7. The topological polar surface area (TPSA) is 72.9 Å². The molecular weight excluding hydrogens is 364 g/mol. The Morgan fingerprint density at radius 3 is 2.56 bits per heavy atom. The van der Waals surface area contributed by atoms with E-state index in [1.807, 2.05) is 0 Å². The fraction of sp³-hybridized carbons (Fsp3) is 0.353. The quantitative estimate of drug-likeness (QED) is 0.705. The molecule has 0 radical (unpaired) electrons. The fourth-order valence-electron chi connectivity index (χ4n) is 3.23. The molecule has 0 bridgehead atoms. The summed E-state index contributed by atoms with van der Waals surface area (Å²) in [6.07, 6.45) is 1.09. The van der Waals surface area contributed by atoms with Crippen molar-refractivity contribution in [3.8, 4) is 0 Å². The van der Waals surface area contributed by atoms with E-state index in [0.717, 1.165) is 24.5 Å². The Balaban J connectivity index is 1.81. The highest BCUT2D eigenvalue weighted by molar-refractivity contribution is 5.80. The molecule has 0 unspecified atom stereocenters. The normalized spacial score (nSPS) is 20.4. The van der Waals surface area contributed by atoms with Gasteiger partial charge in [-0.1, -0.05) is 0 Å². The molecule has 10 heteroatoms. The smallest absolute Gasteiger partial charge is 0.207 e. The third kappa shape index (κ3) is 3.32. The van der Waals surface area contributed by atoms with Crippen LogP contribution >= 0.6 is 0 Å². The van der Waals surface area contributed by atoms with E-state index in [9.17, 15) is 17.6 Å². The zero-order chi connectivity index (χ0) is 19.1. The summed E-state index contributed by atoms with van der Waals surface area (Å²) in [5, 5.41) is 0. The van der Waals surface area contributed by atoms with Crippen LogP contribution in [0.15, 0.2) is 24.5 Å². The standard InChI is InChI=1S/C17H16F4N6/c18-9-3-12(21)16-14(4-9)27(8-15-23-5-10(19)6-24-15)17(25-16)26-2-1-11(20)13(22)7-26/h3-6,11,13H,1-2,7-8,22H2/t11-,13-/m1/s1. The molecule has 2 aromatic heterocycles. The zero-order valence-electron chi connectivity index (χ0n) is 14.1. The lowest BCUT2D eigenvalue weighted by atomic mass is 10.1. The number of piperidine rings is 1. The Labute approximate surface area is 151 Å². The molecule has 142 valence electrons. The molecule has 1 aliphatic heterocycles. The molecule has 0 spiro atoms. The number of aromatic nitrogens is 4. The van der Waals surface area contributed by atoms with Gasteiger partial charge in [0.1, 0.15) is 23.3 Å². The maximum absolute atomic E-state index is 14.2. The van der Waals surface area contributed by atoms with Gasteiger partial charge in [0.25, 0.3) is 0 Å². The number of halogens is 4. The Morgan fingerprint density at radius 1 is 1.11 bits per heavy atom. The van der Waals surface area contributed by atoms with Crippen LogP contribution in [0.1, 0.15) is 12.2 Å². The van der Waals surface area contributed by atoms with Crippen LogP contribution in [0.3, 0.4) is 0 Å². The third-order valence-electron chi connectivity index (χ3n) is 4.58. The van der Waals surface area contributed by atoms with Crippen molar-refractivity contribution >= 4 is 17.0 Å². The van der Waals surface area contributed by atoms with E-state index in [4.69, 9.17) is 5.73 Å². The lowest BCUT2D eigenvalue weighted by Crippen LogP contribution is -2.50. The van der Waals surface area contributed by atoms with Crippen LogP contribution < -0.4 is 10.6 Å². The van der Waals surface area contributed by atoms with E-state index in [1.165, 1.54) is 4.57 Å². The van der Waals surface area contributed by atoms with E-state index in [1.54, 1.807) is 4.90 Å². The molecule has 0 aliphatic carbocycles. The Kier molecular flexibility index (Phi) is 4.42. The highest BCUT2D eigenvalue weighted by Crippen LogP contribution is 2.28. The van der Waals surface area contributed by atoms with Gasteiger partial charge in [-0.05, 0) is 6.42 Å². The number of hydrogen-bond donors (Lipinski definition) is 1. The van der Waals surface area contributed by atoms with E-state index < -0.39 is 29.7 Å². The molecule has 2 atom stereocenters. The molecule has 1 fully saturated rings. The molecule has 3 aromatic rings. The Morgan fingerprint density at radius 2 is 1.85 bits per heavy atom. The van der Waals surface area contributed by atoms with Crippen molar-refractivity contribution in [2.75, 3.05) is 18.0 Å². The number of fused-ring (bicyclic) bond motifs is 1. The molecule has 4 rings (SSSR count). The van der Waals surface area contributed by atoms with Crippen LogP contribution in [0.2, 0.25) is 0 Å². The van der Waals surface area contributed by atoms with E-state index >= 15 is 0 Å². The van der Waals surface area contributed by atoms with Gasteiger partial charge in [0.15, 0.2) is 11.6 Å². The van der Waals surface area contributed by atoms with Gasteiger partial charge in [-0.25, -0.2) is 32.5 Å². The SMILES string of the molecule is N[C@@H]1CN(c2nc3c(F)cc(F)cc3n2Cc2ncc(F)cn2)CC[C@H]1F. The average Bonchev–Trinajstić information content (AvgIpc) is 2.98. The van der Waals surface area contributed by atoms with E-state index in [2.05, 4.69) is 15.0 Å². The largest absolute Gasteiger partial charge is 0.340 e. The molecule has 0 saturated carbocycles. The van der Waals surface area contributed by atoms with Crippen LogP contribution in [-0.4, -0.2) is 44.8 Å². The van der Waals surface area contributed by atoms with Gasteiger partial charge >= 0.3 is 0 Å². The Bertz CT molecular complexity index is 974. The average molecular weight is 380 g/mol. The number of nitrogens with zero attached hydrogens (tertiary/aromatic N) is 5. The zero-order valence-corrected chi connectivity index (χ0v) is 14.1. The summed E-state index contributed by atoms with van der Waals surface area (Å²) in [6, 6.07) is 1.19. The second-order valence-electron chi connectivity index (χ2n) is 6.49. The van der Waals surface area contributed by atoms with Gasteiger partial charge in [-0.15, -0.1) is 0 Å². The highest BCUT2D eigenvalue weighted by atomic mass is 19.1. The lowest BCUT2D eigenvalue weighted by molar-refractivity contribution is 0.243. The number of hydrogen-bond acceptors (Lipinski definition) is 5.